The van der Waals surface area contributed by atoms with Crippen molar-refractivity contribution in [3.63, 3.8) is 0 Å². The molecule has 0 bridgehead atoms. The molecule has 5 nitrogen and oxygen atoms in total. The molecule has 0 radical (unpaired) electrons. The van der Waals surface area contributed by atoms with Crippen molar-refractivity contribution in [1.82, 2.24) is 5.32 Å². The van der Waals surface area contributed by atoms with Gasteiger partial charge in [-0.3, -0.25) is 9.79 Å². The molecule has 36 heavy (non-hydrogen) atoms. The van der Waals surface area contributed by atoms with E-state index in [0.717, 1.165) is 23.8 Å². The highest BCUT2D eigenvalue weighted by molar-refractivity contribution is 7.11. The number of carbonyl (C=O) groups excluding carboxylic acids is 1. The van der Waals surface area contributed by atoms with E-state index in [0.29, 0.717) is 17.7 Å². The van der Waals surface area contributed by atoms with E-state index in [1.54, 1.807) is 0 Å². The number of nitriles is 1. The van der Waals surface area contributed by atoms with Crippen molar-refractivity contribution in [3.05, 3.63) is 55.8 Å². The lowest BCUT2D eigenvalue weighted by Crippen LogP contribution is -2.50. The number of thiophene rings is 1. The first kappa shape index (κ1) is 27.8. The number of alkyl halides is 7. The summed E-state index contributed by atoms with van der Waals surface area (Å²) in [6, 6.07) is 3.74. The molecule has 15 heteroatoms. The second kappa shape index (κ2) is 9.57. The first-order valence-corrected chi connectivity index (χ1v) is 11.3. The molecule has 1 heterocycles. The third-order valence-electron chi connectivity index (χ3n) is 5.17. The number of rotatable bonds is 6. The molecule has 192 valence electrons. The van der Waals surface area contributed by atoms with Gasteiger partial charge in [-0.2, -0.15) is 31.6 Å². The van der Waals surface area contributed by atoms with E-state index in [-0.39, 0.29) is 23.3 Å². The Morgan fingerprint density at radius 1 is 1.11 bits per heavy atom. The van der Waals surface area contributed by atoms with Crippen LogP contribution in [0, 0.1) is 11.3 Å². The molecular weight excluding hydrogens is 560 g/mol. The van der Waals surface area contributed by atoms with Crippen LogP contribution in [0.4, 0.5) is 36.4 Å². The Morgan fingerprint density at radius 2 is 1.67 bits per heavy atom. The zero-order valence-corrected chi connectivity index (χ0v) is 19.9. The van der Waals surface area contributed by atoms with Crippen LogP contribution in [-0.2, 0) is 5.67 Å². The molecule has 1 amide bonds. The number of aliphatic imine (C=N–C) groups is 1. The molecule has 1 aromatic carbocycles. The smallest absolute Gasteiger partial charge is 0.404 e. The Morgan fingerprint density at radius 3 is 2.11 bits per heavy atom. The lowest BCUT2D eigenvalue weighted by Gasteiger charge is -2.30. The Hall–Kier alpha value is -2.82. The predicted octanol–water partition coefficient (Wildman–Crippen LogP) is 6.83. The second-order valence-electron chi connectivity index (χ2n) is 7.67. The van der Waals surface area contributed by atoms with Crippen molar-refractivity contribution in [2.45, 2.75) is 36.4 Å². The van der Waals surface area contributed by atoms with Crippen LogP contribution in [0.25, 0.3) is 5.57 Å². The molecule has 2 aromatic rings. The van der Waals surface area contributed by atoms with Crippen LogP contribution in [0.3, 0.4) is 0 Å². The fourth-order valence-electron chi connectivity index (χ4n) is 2.98. The quantitative estimate of drug-likeness (QED) is 0.293. The fourth-order valence-corrected chi connectivity index (χ4v) is 4.45. The van der Waals surface area contributed by atoms with E-state index < -0.39 is 50.8 Å². The second-order valence-corrected chi connectivity index (χ2v) is 9.40. The Kier molecular flexibility index (Phi) is 7.38. The van der Waals surface area contributed by atoms with Crippen molar-refractivity contribution in [2.75, 3.05) is 0 Å². The average molecular weight is 573 g/mol. The number of halogens is 9. The average Bonchev–Trinajstić information content (AvgIpc) is 3.37. The van der Waals surface area contributed by atoms with Gasteiger partial charge in [-0.15, -0.1) is 11.3 Å². The molecular formula is C21H13Cl2F7N4OS. The summed E-state index contributed by atoms with van der Waals surface area (Å²) in [6.45, 7) is 0. The zero-order valence-electron chi connectivity index (χ0n) is 17.6. The maximum absolute atomic E-state index is 14.3. The van der Waals surface area contributed by atoms with Crippen molar-refractivity contribution >= 4 is 57.9 Å². The standard InChI is InChI=1S/C21H13Cl2F7N4OS/c22-13-4-12(19(24,20(25,26)27)21(28,29)30)5-14(23)16(13)33-7-11(6-31)15-3-10(8-36-15)17(35)34-18(9-32)1-2-18/h3-8H,1-2,31H2,(H,34,35). The normalized spacial score (nSPS) is 16.2. The Balaban J connectivity index is 1.89. The number of allylic oxidation sites excluding steroid dienone is 1. The third kappa shape index (κ3) is 5.16. The highest BCUT2D eigenvalue weighted by Crippen LogP contribution is 2.54. The number of hydrogen-bond donors (Lipinski definition) is 2. The van der Waals surface area contributed by atoms with Gasteiger partial charge in [0.15, 0.2) is 0 Å². The summed E-state index contributed by atoms with van der Waals surface area (Å²) in [5.41, 5.74) is -2.89. The van der Waals surface area contributed by atoms with E-state index in [1.165, 1.54) is 11.4 Å². The lowest BCUT2D eigenvalue weighted by atomic mass is 9.94. The summed E-state index contributed by atoms with van der Waals surface area (Å²) in [5.74, 6) is -0.490. The first-order chi connectivity index (χ1) is 16.6. The van der Waals surface area contributed by atoms with Gasteiger partial charge < -0.3 is 11.1 Å². The number of nitrogens with one attached hydrogen (secondary N) is 1. The summed E-state index contributed by atoms with van der Waals surface area (Å²) >= 11 is 12.7. The maximum atomic E-state index is 14.3. The van der Waals surface area contributed by atoms with E-state index in [1.807, 2.05) is 6.07 Å². The molecule has 1 fully saturated rings. The van der Waals surface area contributed by atoms with Crippen LogP contribution >= 0.6 is 34.5 Å². The van der Waals surface area contributed by atoms with E-state index in [9.17, 15) is 35.5 Å². The summed E-state index contributed by atoms with van der Waals surface area (Å²) < 4.78 is 92.5. The molecule has 0 atom stereocenters. The Bertz CT molecular complexity index is 1250. The zero-order chi connectivity index (χ0) is 27.1. The maximum Gasteiger partial charge on any atom is 0.435 e. The minimum Gasteiger partial charge on any atom is -0.404 e. The lowest BCUT2D eigenvalue weighted by molar-refractivity contribution is -0.348. The van der Waals surface area contributed by atoms with Crippen molar-refractivity contribution < 1.29 is 35.5 Å². The summed E-state index contributed by atoms with van der Waals surface area (Å²) in [5, 5.41) is 11.6. The number of nitrogens with zero attached hydrogens (tertiary/aromatic N) is 2. The molecule has 0 aliphatic heterocycles. The van der Waals surface area contributed by atoms with Gasteiger partial charge in [0.05, 0.1) is 21.7 Å². The van der Waals surface area contributed by atoms with E-state index in [4.69, 9.17) is 34.2 Å². The van der Waals surface area contributed by atoms with E-state index >= 15 is 0 Å². The monoisotopic (exact) mass is 572 g/mol. The highest BCUT2D eigenvalue weighted by atomic mass is 35.5. The van der Waals surface area contributed by atoms with Gasteiger partial charge in [-0.25, -0.2) is 4.39 Å². The molecule has 1 aliphatic rings. The van der Waals surface area contributed by atoms with Crippen LogP contribution in [0.15, 0.2) is 34.8 Å². The molecule has 0 saturated heterocycles. The molecule has 0 unspecified atom stereocenters. The van der Waals surface area contributed by atoms with Crippen LogP contribution in [-0.4, -0.2) is 30.0 Å². The number of hydrogen-bond acceptors (Lipinski definition) is 5. The van der Waals surface area contributed by atoms with Gasteiger partial charge in [0.25, 0.3) is 5.91 Å². The van der Waals surface area contributed by atoms with E-state index in [2.05, 4.69) is 10.3 Å². The molecule has 1 saturated carbocycles. The SMILES string of the molecule is N#CC1(NC(=O)c2csc(C(C=Nc3c(Cl)cc(C(F)(C(F)(F)F)C(F)(F)F)cc3Cl)=CN)c2)CC1. The molecule has 1 aliphatic carbocycles. The Labute approximate surface area is 213 Å². The number of carbonyl (C=O) groups is 1. The van der Waals surface area contributed by atoms with Crippen LogP contribution in [0.5, 0.6) is 0 Å². The minimum absolute atomic E-state index is 0.142. The molecule has 3 N–H and O–H groups in total. The number of amides is 1. The molecule has 1 aromatic heterocycles. The van der Waals surface area contributed by atoms with Gasteiger partial charge in [-0.1, -0.05) is 23.2 Å². The third-order valence-corrected chi connectivity index (χ3v) is 6.73. The van der Waals surface area contributed by atoms with Gasteiger partial charge >= 0.3 is 18.0 Å². The van der Waals surface area contributed by atoms with Crippen LogP contribution in [0.1, 0.15) is 33.6 Å². The molecule has 3 rings (SSSR count). The van der Waals surface area contributed by atoms with Gasteiger partial charge in [-0.05, 0) is 31.0 Å². The summed E-state index contributed by atoms with van der Waals surface area (Å²) in [6.07, 6.45) is -9.48. The summed E-state index contributed by atoms with van der Waals surface area (Å²) in [4.78, 5) is 16.6. The fraction of sp³-hybridized carbons (Fsp3) is 0.286. The highest BCUT2D eigenvalue weighted by Gasteiger charge is 2.73. The van der Waals surface area contributed by atoms with Crippen LogP contribution in [0.2, 0.25) is 10.0 Å². The van der Waals surface area contributed by atoms with Gasteiger partial charge in [0, 0.05) is 33.8 Å². The van der Waals surface area contributed by atoms with Gasteiger partial charge in [0.1, 0.15) is 11.2 Å². The molecule has 0 spiro atoms. The predicted molar refractivity (Wildman–Crippen MR) is 121 cm³/mol. The number of benzene rings is 1. The summed E-state index contributed by atoms with van der Waals surface area (Å²) in [7, 11) is 0. The van der Waals surface area contributed by atoms with Crippen molar-refractivity contribution in [1.29, 1.82) is 5.26 Å². The van der Waals surface area contributed by atoms with Crippen LogP contribution < -0.4 is 11.1 Å². The first-order valence-electron chi connectivity index (χ1n) is 9.69. The number of nitrogens with two attached hydrogens (primary N) is 1. The largest absolute Gasteiger partial charge is 0.435 e. The topological polar surface area (TPSA) is 91.3 Å². The minimum atomic E-state index is -6.34. The van der Waals surface area contributed by atoms with Crippen molar-refractivity contribution in [2.24, 2.45) is 10.7 Å². The van der Waals surface area contributed by atoms with Gasteiger partial charge in [0.2, 0.25) is 0 Å². The van der Waals surface area contributed by atoms with Crippen molar-refractivity contribution in [3.8, 4) is 6.07 Å².